The maximum atomic E-state index is 15.1. The zero-order chi connectivity index (χ0) is 37.2. The summed E-state index contributed by atoms with van der Waals surface area (Å²) >= 11 is 0. The lowest BCUT2D eigenvalue weighted by atomic mass is 9.97. The zero-order valence-electron chi connectivity index (χ0n) is 29.3. The summed E-state index contributed by atoms with van der Waals surface area (Å²) in [5, 5.41) is 19.2. The van der Waals surface area contributed by atoms with Crippen LogP contribution in [-0.2, 0) is 0 Å². The topological polar surface area (TPSA) is 59.9 Å². The molecule has 4 aromatic heterocycles. The smallest absolute Gasteiger partial charge is 0.160 e. The number of fused-ring (bicyclic) bond motifs is 14. The van der Waals surface area contributed by atoms with Crippen LogP contribution in [0.4, 0.5) is 8.78 Å². The highest BCUT2D eigenvalue weighted by Gasteiger charge is 2.27. The van der Waals surface area contributed by atoms with E-state index < -0.39 is 11.6 Å². The molecule has 5 nitrogen and oxygen atoms in total. The zero-order valence-corrected chi connectivity index (χ0v) is 29.3. The number of aromatic nitrogens is 2. The van der Waals surface area contributed by atoms with E-state index in [0.29, 0.717) is 39.2 Å². The molecule has 12 rings (SSSR count). The van der Waals surface area contributed by atoms with E-state index in [0.717, 1.165) is 82.4 Å². The number of hydrogen-bond acceptors (Lipinski definition) is 3. The van der Waals surface area contributed by atoms with Crippen LogP contribution < -0.4 is 0 Å². The second-order valence-corrected chi connectivity index (χ2v) is 14.2. The summed E-state index contributed by atoms with van der Waals surface area (Å²) in [6, 6.07) is 50.1. The Morgan fingerprint density at radius 3 is 1.52 bits per heavy atom. The first kappa shape index (κ1) is 30.7. The van der Waals surface area contributed by atoms with Gasteiger partial charge in [-0.05, 0) is 60.2 Å². The van der Waals surface area contributed by atoms with Gasteiger partial charge in [0.15, 0.2) is 11.2 Å². The Morgan fingerprint density at radius 1 is 0.464 bits per heavy atom. The molecule has 0 saturated carbocycles. The van der Waals surface area contributed by atoms with Crippen LogP contribution in [0.3, 0.4) is 0 Å². The van der Waals surface area contributed by atoms with Gasteiger partial charge >= 0.3 is 0 Å². The first-order chi connectivity index (χ1) is 27.6. The molecule has 0 fully saturated rings. The Kier molecular flexibility index (Phi) is 6.13. The number of hydrogen-bond donors (Lipinski definition) is 0. The van der Waals surface area contributed by atoms with Gasteiger partial charge in [-0.25, -0.2) is 8.78 Å². The lowest BCUT2D eigenvalue weighted by Gasteiger charge is -2.20. The van der Waals surface area contributed by atoms with Gasteiger partial charge in [-0.2, -0.15) is 5.26 Å². The molecule has 0 amide bonds. The molecule has 0 unspecified atom stereocenters. The van der Waals surface area contributed by atoms with E-state index in [2.05, 4.69) is 41.0 Å². The Bertz CT molecular complexity index is 3690. The predicted molar refractivity (Wildman–Crippen MR) is 220 cm³/mol. The van der Waals surface area contributed by atoms with Gasteiger partial charge in [-0.3, -0.25) is 0 Å². The van der Waals surface area contributed by atoms with Crippen molar-refractivity contribution in [1.82, 2.24) is 9.13 Å². The number of nitrogens with zero attached hydrogens (tertiary/aromatic N) is 3. The van der Waals surface area contributed by atoms with Crippen LogP contribution in [-0.4, -0.2) is 9.13 Å². The van der Waals surface area contributed by atoms with Crippen molar-refractivity contribution in [3.63, 3.8) is 0 Å². The summed E-state index contributed by atoms with van der Waals surface area (Å²) in [7, 11) is 0. The third-order valence-electron chi connectivity index (χ3n) is 11.3. The predicted octanol–water partition coefficient (Wildman–Crippen LogP) is 13.5. The highest BCUT2D eigenvalue weighted by molar-refractivity contribution is 6.23. The Morgan fingerprint density at radius 2 is 0.946 bits per heavy atom. The van der Waals surface area contributed by atoms with E-state index >= 15 is 8.78 Å². The van der Waals surface area contributed by atoms with Crippen LogP contribution in [0.1, 0.15) is 5.56 Å². The minimum absolute atomic E-state index is 0.296. The molecule has 0 spiro atoms. The summed E-state index contributed by atoms with van der Waals surface area (Å²) in [5.74, 6) is -1.43. The van der Waals surface area contributed by atoms with Crippen LogP contribution in [0.25, 0.3) is 110 Å². The molecule has 0 bridgehead atoms. The highest BCUT2D eigenvalue weighted by Crippen LogP contribution is 2.46. The van der Waals surface area contributed by atoms with E-state index in [9.17, 15) is 5.26 Å². The van der Waals surface area contributed by atoms with Gasteiger partial charge in [0, 0.05) is 54.7 Å². The molecule has 0 aliphatic carbocycles. The Labute approximate surface area is 316 Å². The van der Waals surface area contributed by atoms with Crippen LogP contribution in [0.2, 0.25) is 0 Å². The second-order valence-electron chi connectivity index (χ2n) is 14.2. The molecule has 4 heterocycles. The SMILES string of the molecule is N#Cc1c(-n2c3ccccc3c3ccc4c5ccccc5oc4c32)ccc(-c2cc(F)cc(F)c2)c1-n1c2ccccc2c2ccc3c4ccccc4oc3c21. The number of nitriles is 1. The van der Waals surface area contributed by atoms with Crippen molar-refractivity contribution in [3.8, 4) is 28.6 Å². The van der Waals surface area contributed by atoms with Crippen molar-refractivity contribution in [1.29, 1.82) is 5.26 Å². The van der Waals surface area contributed by atoms with Crippen molar-refractivity contribution in [2.24, 2.45) is 0 Å². The summed E-state index contributed by atoms with van der Waals surface area (Å²) < 4.78 is 47.7. The molecule has 0 saturated heterocycles. The van der Waals surface area contributed by atoms with Gasteiger partial charge in [-0.15, -0.1) is 0 Å². The summed E-state index contributed by atoms with van der Waals surface area (Å²) in [6.45, 7) is 0. The molecule has 12 aromatic rings. The van der Waals surface area contributed by atoms with Crippen LogP contribution in [0.15, 0.2) is 160 Å². The van der Waals surface area contributed by atoms with Gasteiger partial charge in [0.05, 0.1) is 33.4 Å². The molecule has 7 heteroatoms. The highest BCUT2D eigenvalue weighted by atomic mass is 19.1. The molecule has 0 atom stereocenters. The van der Waals surface area contributed by atoms with Gasteiger partial charge in [-0.1, -0.05) is 91.0 Å². The van der Waals surface area contributed by atoms with E-state index in [-0.39, 0.29) is 0 Å². The summed E-state index contributed by atoms with van der Waals surface area (Å²) in [6.07, 6.45) is 0. The molecular formula is C49H25F2N3O2. The number of rotatable bonds is 3. The number of halogens is 2. The standard InChI is InChI=1S/C49H25F2N3O2/c50-28-23-27(24-29(51)25-28)30-21-22-42(53-40-13-5-1-9-31(40)35-17-19-37-33-11-3-7-15-43(33)55-48(37)46(35)53)39(26-52)45(30)54-41-14-6-2-10-32(41)36-18-20-38-34-12-4-8-16-44(34)56-49(38)47(36)54/h1-25H. The van der Waals surface area contributed by atoms with Crippen LogP contribution in [0, 0.1) is 23.0 Å². The van der Waals surface area contributed by atoms with Gasteiger partial charge in [0.1, 0.15) is 34.4 Å². The first-order valence-electron chi connectivity index (χ1n) is 18.3. The van der Waals surface area contributed by atoms with E-state index in [1.165, 1.54) is 12.1 Å². The van der Waals surface area contributed by atoms with Crippen LogP contribution >= 0.6 is 0 Å². The molecule has 0 radical (unpaired) electrons. The fourth-order valence-corrected chi connectivity index (χ4v) is 9.00. The summed E-state index contributed by atoms with van der Waals surface area (Å²) in [5.41, 5.74) is 8.22. The van der Waals surface area contributed by atoms with Gasteiger partial charge < -0.3 is 18.0 Å². The maximum absolute atomic E-state index is 15.1. The quantitative estimate of drug-likeness (QED) is 0.182. The van der Waals surface area contributed by atoms with Crippen molar-refractivity contribution in [3.05, 3.63) is 169 Å². The van der Waals surface area contributed by atoms with Crippen molar-refractivity contribution in [2.75, 3.05) is 0 Å². The molecule has 0 aliphatic rings. The average molecular weight is 726 g/mol. The maximum Gasteiger partial charge on any atom is 0.160 e. The van der Waals surface area contributed by atoms with E-state index in [1.807, 2.05) is 108 Å². The lowest BCUT2D eigenvalue weighted by molar-refractivity contribution is 0.584. The number of furan rings is 2. The van der Waals surface area contributed by atoms with Crippen molar-refractivity contribution in [2.45, 2.75) is 0 Å². The normalized spacial score (nSPS) is 12.1. The second kappa shape index (κ2) is 11.2. The monoisotopic (exact) mass is 725 g/mol. The first-order valence-corrected chi connectivity index (χ1v) is 18.3. The van der Waals surface area contributed by atoms with E-state index in [4.69, 9.17) is 8.83 Å². The number of para-hydroxylation sites is 4. The Hall–Kier alpha value is -7.69. The van der Waals surface area contributed by atoms with Gasteiger partial charge in [0.25, 0.3) is 0 Å². The minimum Gasteiger partial charge on any atom is -0.454 e. The lowest BCUT2D eigenvalue weighted by Crippen LogP contribution is -2.07. The molecule has 0 aliphatic heterocycles. The molecular weight excluding hydrogens is 701 g/mol. The third kappa shape index (κ3) is 4.05. The Balaban J connectivity index is 1.30. The molecule has 262 valence electrons. The fraction of sp³-hybridized carbons (Fsp3) is 0. The minimum atomic E-state index is -0.717. The third-order valence-corrected chi connectivity index (χ3v) is 11.3. The van der Waals surface area contributed by atoms with Crippen LogP contribution in [0.5, 0.6) is 0 Å². The van der Waals surface area contributed by atoms with Crippen molar-refractivity contribution < 1.29 is 17.6 Å². The largest absolute Gasteiger partial charge is 0.454 e. The van der Waals surface area contributed by atoms with Gasteiger partial charge in [0.2, 0.25) is 0 Å². The molecule has 8 aromatic carbocycles. The molecule has 0 N–H and O–H groups in total. The van der Waals surface area contributed by atoms with E-state index in [1.54, 1.807) is 0 Å². The van der Waals surface area contributed by atoms with Crippen molar-refractivity contribution >= 4 is 87.5 Å². The fourth-order valence-electron chi connectivity index (χ4n) is 9.00. The number of benzene rings is 8. The molecule has 56 heavy (non-hydrogen) atoms. The summed E-state index contributed by atoms with van der Waals surface area (Å²) in [4.78, 5) is 0. The average Bonchev–Trinajstić information content (AvgIpc) is 3.97.